The summed E-state index contributed by atoms with van der Waals surface area (Å²) in [6, 6.07) is 6.71. The van der Waals surface area contributed by atoms with E-state index in [1.807, 2.05) is 4.90 Å². The zero-order valence-electron chi connectivity index (χ0n) is 16.9. The molecule has 1 aromatic rings. The lowest BCUT2D eigenvalue weighted by Gasteiger charge is -2.40. The highest BCUT2D eigenvalue weighted by Gasteiger charge is 2.51. The molecule has 6 nitrogen and oxygen atoms in total. The normalized spacial score (nSPS) is 26.2. The van der Waals surface area contributed by atoms with Gasteiger partial charge in [0.25, 0.3) is 0 Å². The monoisotopic (exact) mass is 403 g/mol. The van der Waals surface area contributed by atoms with Gasteiger partial charge >= 0.3 is 6.09 Å². The topological polar surface area (TPSA) is 64.1 Å². The molecule has 2 heterocycles. The Kier molecular flexibility index (Phi) is 5.76. The van der Waals surface area contributed by atoms with Crippen molar-refractivity contribution in [1.29, 1.82) is 0 Å². The molecule has 29 heavy (non-hydrogen) atoms. The molecule has 0 spiro atoms. The molecule has 1 atom stereocenters. The molecule has 2 saturated heterocycles. The third kappa shape index (κ3) is 3.97. The van der Waals surface area contributed by atoms with E-state index in [1.165, 1.54) is 36.3 Å². The van der Waals surface area contributed by atoms with Crippen LogP contribution in [0.5, 0.6) is 0 Å². The third-order valence-electron chi connectivity index (χ3n) is 6.94. The maximum absolute atomic E-state index is 13.7. The second-order valence-corrected chi connectivity index (χ2v) is 8.64. The second-order valence-electron chi connectivity index (χ2n) is 8.64. The van der Waals surface area contributed by atoms with Crippen molar-refractivity contribution < 1.29 is 19.1 Å². The number of carbonyl (C=O) groups is 2. The Labute approximate surface area is 171 Å². The molecule has 3 fully saturated rings. The fourth-order valence-corrected chi connectivity index (χ4v) is 5.13. The summed E-state index contributed by atoms with van der Waals surface area (Å²) in [5.74, 6) is -0.420. The summed E-state index contributed by atoms with van der Waals surface area (Å²) < 4.78 is 13.3. The standard InChI is InChI=1S/C22H30FN3O3/c23-18-8-6-17(7-9-18)16-22(10-2-13-26(22)21(28)29)20(27)25-12-3-11-24(14-15-25)19-4-1-5-19/h6-9,19H,1-5,10-16H2,(H,28,29)/t22-/m0/s1. The van der Waals surface area contributed by atoms with E-state index in [0.29, 0.717) is 44.9 Å². The van der Waals surface area contributed by atoms with Gasteiger partial charge in [-0.05, 0) is 49.8 Å². The number of carboxylic acid groups (broad SMARTS) is 1. The van der Waals surface area contributed by atoms with Gasteiger partial charge in [-0.25, -0.2) is 9.18 Å². The fourth-order valence-electron chi connectivity index (χ4n) is 5.13. The van der Waals surface area contributed by atoms with Crippen LogP contribution in [0.1, 0.15) is 44.1 Å². The first-order chi connectivity index (χ1) is 14.0. The average molecular weight is 403 g/mol. The average Bonchev–Trinajstić information content (AvgIpc) is 2.95. The van der Waals surface area contributed by atoms with Crippen molar-refractivity contribution in [3.05, 3.63) is 35.6 Å². The predicted octanol–water partition coefficient (Wildman–Crippen LogP) is 2.97. The Morgan fingerprint density at radius 1 is 1.00 bits per heavy atom. The summed E-state index contributed by atoms with van der Waals surface area (Å²) in [7, 11) is 0. The molecule has 0 unspecified atom stereocenters. The van der Waals surface area contributed by atoms with Crippen molar-refractivity contribution in [3.63, 3.8) is 0 Å². The van der Waals surface area contributed by atoms with Crippen LogP contribution < -0.4 is 0 Å². The Morgan fingerprint density at radius 2 is 1.76 bits per heavy atom. The van der Waals surface area contributed by atoms with Crippen molar-refractivity contribution in [1.82, 2.24) is 14.7 Å². The summed E-state index contributed by atoms with van der Waals surface area (Å²) in [4.78, 5) is 31.4. The molecule has 158 valence electrons. The van der Waals surface area contributed by atoms with Gasteiger partial charge in [0.05, 0.1) is 0 Å². The van der Waals surface area contributed by atoms with Gasteiger partial charge in [-0.1, -0.05) is 18.6 Å². The SMILES string of the molecule is O=C(O)N1CCC[C@]1(Cc1ccc(F)cc1)C(=O)N1CCCN(C2CCC2)CC1. The first kappa shape index (κ1) is 20.1. The number of likely N-dealkylation sites (tertiary alicyclic amines) is 1. The van der Waals surface area contributed by atoms with Crippen LogP contribution >= 0.6 is 0 Å². The fraction of sp³-hybridized carbons (Fsp3) is 0.636. The van der Waals surface area contributed by atoms with Gasteiger partial charge < -0.3 is 10.0 Å². The number of benzene rings is 1. The molecule has 7 heteroatoms. The van der Waals surface area contributed by atoms with Gasteiger partial charge in [-0.3, -0.25) is 14.6 Å². The molecular formula is C22H30FN3O3. The van der Waals surface area contributed by atoms with E-state index in [9.17, 15) is 19.1 Å². The van der Waals surface area contributed by atoms with Gasteiger partial charge in [0.2, 0.25) is 5.91 Å². The quantitative estimate of drug-likeness (QED) is 0.840. The van der Waals surface area contributed by atoms with Crippen LogP contribution in [0, 0.1) is 5.82 Å². The molecule has 1 N–H and O–H groups in total. The lowest BCUT2D eigenvalue weighted by atomic mass is 9.86. The molecule has 0 aromatic heterocycles. The van der Waals surface area contributed by atoms with Gasteiger partial charge in [-0.2, -0.15) is 0 Å². The first-order valence-corrected chi connectivity index (χ1v) is 10.8. The number of rotatable bonds is 4. The van der Waals surface area contributed by atoms with Crippen molar-refractivity contribution in [2.45, 2.75) is 56.5 Å². The van der Waals surface area contributed by atoms with Crippen molar-refractivity contribution in [2.24, 2.45) is 0 Å². The molecule has 0 bridgehead atoms. The maximum atomic E-state index is 13.7. The summed E-state index contributed by atoms with van der Waals surface area (Å²) >= 11 is 0. The maximum Gasteiger partial charge on any atom is 0.408 e. The van der Waals surface area contributed by atoms with E-state index in [0.717, 1.165) is 25.1 Å². The molecule has 2 amide bonds. The van der Waals surface area contributed by atoms with E-state index in [4.69, 9.17) is 0 Å². The van der Waals surface area contributed by atoms with E-state index >= 15 is 0 Å². The van der Waals surface area contributed by atoms with Crippen LogP contribution in [0.4, 0.5) is 9.18 Å². The summed E-state index contributed by atoms with van der Waals surface area (Å²) in [5.41, 5.74) is -0.297. The smallest absolute Gasteiger partial charge is 0.408 e. The summed E-state index contributed by atoms with van der Waals surface area (Å²) in [5, 5.41) is 9.82. The number of hydrogen-bond donors (Lipinski definition) is 1. The van der Waals surface area contributed by atoms with Crippen LogP contribution in [0.15, 0.2) is 24.3 Å². The van der Waals surface area contributed by atoms with Crippen LogP contribution in [0.2, 0.25) is 0 Å². The van der Waals surface area contributed by atoms with E-state index in [2.05, 4.69) is 4.90 Å². The van der Waals surface area contributed by atoms with Gasteiger partial charge in [0, 0.05) is 45.2 Å². The number of nitrogens with zero attached hydrogens (tertiary/aromatic N) is 3. The first-order valence-electron chi connectivity index (χ1n) is 10.8. The lowest BCUT2D eigenvalue weighted by Crippen LogP contribution is -2.60. The number of carbonyl (C=O) groups excluding carboxylic acids is 1. The van der Waals surface area contributed by atoms with Crippen molar-refractivity contribution >= 4 is 12.0 Å². The highest BCUT2D eigenvalue weighted by molar-refractivity contribution is 5.90. The van der Waals surface area contributed by atoms with Crippen molar-refractivity contribution in [2.75, 3.05) is 32.7 Å². The molecule has 1 aliphatic carbocycles. The van der Waals surface area contributed by atoms with E-state index in [-0.39, 0.29) is 11.7 Å². The molecule has 1 aromatic carbocycles. The highest BCUT2D eigenvalue weighted by atomic mass is 19.1. The van der Waals surface area contributed by atoms with Gasteiger partial charge in [0.1, 0.15) is 11.4 Å². The van der Waals surface area contributed by atoms with Gasteiger partial charge in [-0.15, -0.1) is 0 Å². The molecule has 2 aliphatic heterocycles. The van der Waals surface area contributed by atoms with Gasteiger partial charge in [0.15, 0.2) is 0 Å². The second kappa shape index (κ2) is 8.30. The molecule has 3 aliphatic rings. The van der Waals surface area contributed by atoms with Crippen LogP contribution in [0.25, 0.3) is 0 Å². The zero-order valence-corrected chi connectivity index (χ0v) is 16.9. The molecule has 1 saturated carbocycles. The molecule has 0 radical (unpaired) electrons. The van der Waals surface area contributed by atoms with Crippen LogP contribution in [-0.4, -0.2) is 76.1 Å². The number of halogens is 1. The summed E-state index contributed by atoms with van der Waals surface area (Å²) in [6.07, 6.45) is 5.12. The Morgan fingerprint density at radius 3 is 2.41 bits per heavy atom. The van der Waals surface area contributed by atoms with Crippen LogP contribution in [0.3, 0.4) is 0 Å². The molecule has 4 rings (SSSR count). The summed E-state index contributed by atoms with van der Waals surface area (Å²) in [6.45, 7) is 3.54. The Hall–Kier alpha value is -2.15. The molecular weight excluding hydrogens is 373 g/mol. The zero-order chi connectivity index (χ0) is 20.4. The number of hydrogen-bond acceptors (Lipinski definition) is 3. The van der Waals surface area contributed by atoms with E-state index < -0.39 is 11.6 Å². The van der Waals surface area contributed by atoms with Crippen LogP contribution in [-0.2, 0) is 11.2 Å². The minimum absolute atomic E-state index is 0.0859. The Bertz CT molecular complexity index is 752. The minimum Gasteiger partial charge on any atom is -0.465 e. The third-order valence-corrected chi connectivity index (χ3v) is 6.94. The van der Waals surface area contributed by atoms with E-state index in [1.54, 1.807) is 12.1 Å². The Balaban J connectivity index is 1.56. The predicted molar refractivity (Wildman–Crippen MR) is 107 cm³/mol. The van der Waals surface area contributed by atoms with Crippen molar-refractivity contribution in [3.8, 4) is 0 Å². The lowest BCUT2D eigenvalue weighted by molar-refractivity contribution is -0.142. The highest BCUT2D eigenvalue weighted by Crippen LogP contribution is 2.35. The minimum atomic E-state index is -1.09. The number of amides is 2. The largest absolute Gasteiger partial charge is 0.465 e.